The van der Waals surface area contributed by atoms with Crippen LogP contribution in [-0.2, 0) is 25.7 Å². The zero-order valence-electron chi connectivity index (χ0n) is 24.4. The predicted octanol–water partition coefficient (Wildman–Crippen LogP) is 11.8. The van der Waals surface area contributed by atoms with E-state index in [0.717, 1.165) is 0 Å². The fourth-order valence-corrected chi connectivity index (χ4v) is 8.99. The van der Waals surface area contributed by atoms with Crippen LogP contribution in [0.3, 0.4) is 0 Å². The number of thiophene rings is 3. The van der Waals surface area contributed by atoms with Gasteiger partial charge < -0.3 is 0 Å². The van der Waals surface area contributed by atoms with Crippen LogP contribution < -0.4 is 0 Å². The summed E-state index contributed by atoms with van der Waals surface area (Å²) in [6.07, 6.45) is 14.9. The van der Waals surface area contributed by atoms with Gasteiger partial charge in [0, 0.05) is 19.5 Å². The molecule has 3 heterocycles. The van der Waals surface area contributed by atoms with Gasteiger partial charge in [0.25, 0.3) is 0 Å². The third-order valence-corrected chi connectivity index (χ3v) is 11.4. The Morgan fingerprint density at radius 1 is 0.649 bits per heavy atom. The molecule has 0 radical (unpaired) electrons. The highest BCUT2D eigenvalue weighted by Crippen LogP contribution is 2.45. The summed E-state index contributed by atoms with van der Waals surface area (Å²) < 4.78 is 0. The maximum atomic E-state index is 3.70. The van der Waals surface area contributed by atoms with Gasteiger partial charge in [0.15, 0.2) is 0 Å². The minimum atomic E-state index is -1.42. The van der Waals surface area contributed by atoms with Crippen molar-refractivity contribution in [3.63, 3.8) is 0 Å². The Labute approximate surface area is 241 Å². The normalized spacial score (nSPS) is 11.6. The van der Waals surface area contributed by atoms with Crippen molar-refractivity contribution in [1.82, 2.24) is 0 Å². The molecule has 4 heteroatoms. The standard InChI is InChI=1S/C33H48S3Si/c1-8-12-16-25-24-34-32(26(25)17-13-9-2)30-20-21-31(35-30)33-28(19-15-11-4)27(18-14-10-3)29(36-33)22-23-37(5,6)7/h20-21,24H,8-19H2,1-7H3. The average Bonchev–Trinajstić information content (AvgIpc) is 3.58. The van der Waals surface area contributed by atoms with E-state index >= 15 is 0 Å². The number of hydrogen-bond acceptors (Lipinski definition) is 3. The molecule has 0 bridgehead atoms. The second kappa shape index (κ2) is 14.9. The molecule has 0 saturated carbocycles. The molecule has 0 saturated heterocycles. The van der Waals surface area contributed by atoms with Crippen molar-refractivity contribution in [1.29, 1.82) is 0 Å². The fraction of sp³-hybridized carbons (Fsp3) is 0.576. The Balaban J connectivity index is 2.07. The van der Waals surface area contributed by atoms with E-state index in [9.17, 15) is 0 Å². The third-order valence-electron chi connectivity index (χ3n) is 6.84. The average molecular weight is 569 g/mol. The summed E-state index contributed by atoms with van der Waals surface area (Å²) in [5, 5.41) is 2.46. The molecule has 37 heavy (non-hydrogen) atoms. The van der Waals surface area contributed by atoms with Crippen molar-refractivity contribution >= 4 is 42.1 Å². The summed E-state index contributed by atoms with van der Waals surface area (Å²) in [6.45, 7) is 16.3. The highest BCUT2D eigenvalue weighted by Gasteiger charge is 2.21. The van der Waals surface area contributed by atoms with Crippen LogP contribution in [0, 0.1) is 11.5 Å². The maximum absolute atomic E-state index is 3.70. The lowest BCUT2D eigenvalue weighted by molar-refractivity contribution is 0.762. The number of unbranched alkanes of at least 4 members (excludes halogenated alkanes) is 4. The number of aryl methyl sites for hydroxylation is 1. The molecule has 3 aromatic rings. The van der Waals surface area contributed by atoms with Gasteiger partial charge in [-0.05, 0) is 91.1 Å². The van der Waals surface area contributed by atoms with Crippen molar-refractivity contribution in [2.24, 2.45) is 0 Å². The van der Waals surface area contributed by atoms with E-state index in [-0.39, 0.29) is 0 Å². The van der Waals surface area contributed by atoms with Crippen LogP contribution in [0.15, 0.2) is 17.5 Å². The third kappa shape index (κ3) is 8.43. The molecule has 0 unspecified atom stereocenters. The molecule has 0 aromatic carbocycles. The molecule has 0 fully saturated rings. The van der Waals surface area contributed by atoms with Crippen LogP contribution in [0.5, 0.6) is 0 Å². The second-order valence-corrected chi connectivity index (χ2v) is 19.1. The molecule has 0 nitrogen and oxygen atoms in total. The molecule has 3 aromatic heterocycles. The van der Waals surface area contributed by atoms with Crippen molar-refractivity contribution in [2.45, 2.75) is 124 Å². The van der Waals surface area contributed by atoms with E-state index in [4.69, 9.17) is 0 Å². The first-order chi connectivity index (χ1) is 17.8. The first kappa shape index (κ1) is 30.4. The Morgan fingerprint density at radius 3 is 1.78 bits per heavy atom. The molecular weight excluding hydrogens is 521 g/mol. The van der Waals surface area contributed by atoms with Crippen LogP contribution in [0.1, 0.15) is 106 Å². The largest absolute Gasteiger partial charge is 0.142 e. The second-order valence-electron chi connectivity index (χ2n) is 11.4. The molecule has 0 N–H and O–H groups in total. The Bertz CT molecular complexity index is 1170. The quantitative estimate of drug-likeness (QED) is 0.134. The lowest BCUT2D eigenvalue weighted by atomic mass is 9.98. The Morgan fingerprint density at radius 2 is 1.19 bits per heavy atom. The topological polar surface area (TPSA) is 0 Å². The molecular formula is C33H48S3Si. The molecule has 0 aliphatic heterocycles. The van der Waals surface area contributed by atoms with Gasteiger partial charge in [-0.3, -0.25) is 0 Å². The van der Waals surface area contributed by atoms with Crippen molar-refractivity contribution in [3.05, 3.63) is 44.6 Å². The van der Waals surface area contributed by atoms with Gasteiger partial charge in [0.05, 0.1) is 4.88 Å². The summed E-state index contributed by atoms with van der Waals surface area (Å²) in [5.74, 6) is 3.70. The van der Waals surface area contributed by atoms with E-state index in [1.165, 1.54) is 101 Å². The highest BCUT2D eigenvalue weighted by molar-refractivity contribution is 7.26. The van der Waals surface area contributed by atoms with Crippen molar-refractivity contribution in [3.8, 4) is 31.0 Å². The fourth-order valence-electron chi connectivity index (χ4n) is 4.69. The zero-order valence-corrected chi connectivity index (χ0v) is 27.9. The van der Waals surface area contributed by atoms with Crippen molar-refractivity contribution < 1.29 is 0 Å². The summed E-state index contributed by atoms with van der Waals surface area (Å²) in [6, 6.07) is 4.82. The van der Waals surface area contributed by atoms with E-state index in [1.54, 1.807) is 22.3 Å². The number of hydrogen-bond donors (Lipinski definition) is 0. The van der Waals surface area contributed by atoms with Gasteiger partial charge >= 0.3 is 0 Å². The van der Waals surface area contributed by atoms with E-state index in [2.05, 4.69) is 76.3 Å². The van der Waals surface area contributed by atoms with Gasteiger partial charge in [-0.25, -0.2) is 0 Å². The van der Waals surface area contributed by atoms with E-state index in [1.807, 2.05) is 34.0 Å². The molecule has 3 rings (SSSR count). The minimum Gasteiger partial charge on any atom is -0.142 e. The van der Waals surface area contributed by atoms with Gasteiger partial charge in [-0.15, -0.1) is 39.6 Å². The van der Waals surface area contributed by atoms with Crippen LogP contribution in [0.25, 0.3) is 19.5 Å². The molecule has 0 amide bonds. The predicted molar refractivity (Wildman–Crippen MR) is 176 cm³/mol. The monoisotopic (exact) mass is 568 g/mol. The molecule has 0 aliphatic rings. The van der Waals surface area contributed by atoms with Gasteiger partial charge in [0.2, 0.25) is 0 Å². The van der Waals surface area contributed by atoms with Crippen LogP contribution in [-0.4, -0.2) is 8.07 Å². The Kier molecular flexibility index (Phi) is 12.2. The van der Waals surface area contributed by atoms with E-state index in [0.29, 0.717) is 0 Å². The van der Waals surface area contributed by atoms with E-state index < -0.39 is 8.07 Å². The highest BCUT2D eigenvalue weighted by atomic mass is 32.1. The van der Waals surface area contributed by atoms with Crippen LogP contribution in [0.2, 0.25) is 19.6 Å². The Hall–Kier alpha value is -1.12. The van der Waals surface area contributed by atoms with Crippen LogP contribution >= 0.6 is 34.0 Å². The molecule has 0 spiro atoms. The van der Waals surface area contributed by atoms with Crippen LogP contribution in [0.4, 0.5) is 0 Å². The summed E-state index contributed by atoms with van der Waals surface area (Å²) in [5.41, 5.74) is 10.1. The SMILES string of the molecule is CCCCc1csc(-c2ccc(-c3sc(C#C[Si](C)(C)C)c(CCCC)c3CCCC)s2)c1CCCC. The lowest BCUT2D eigenvalue weighted by Crippen LogP contribution is -2.16. The minimum absolute atomic E-state index is 1.17. The molecule has 202 valence electrons. The zero-order chi connectivity index (χ0) is 26.8. The smallest absolute Gasteiger partial charge is 0.129 e. The van der Waals surface area contributed by atoms with Gasteiger partial charge in [-0.1, -0.05) is 78.9 Å². The molecule has 0 aliphatic carbocycles. The van der Waals surface area contributed by atoms with Gasteiger partial charge in [0.1, 0.15) is 8.07 Å². The summed E-state index contributed by atoms with van der Waals surface area (Å²) in [4.78, 5) is 7.32. The van der Waals surface area contributed by atoms with Crippen molar-refractivity contribution in [2.75, 3.05) is 0 Å². The number of rotatable bonds is 14. The van der Waals surface area contributed by atoms with Gasteiger partial charge in [-0.2, -0.15) is 0 Å². The molecule has 0 atom stereocenters. The first-order valence-corrected chi connectivity index (χ1v) is 20.7. The lowest BCUT2D eigenvalue weighted by Gasteiger charge is -2.08. The first-order valence-electron chi connectivity index (χ1n) is 14.7. The summed E-state index contributed by atoms with van der Waals surface area (Å²) >= 11 is 5.99. The maximum Gasteiger partial charge on any atom is 0.129 e. The summed E-state index contributed by atoms with van der Waals surface area (Å²) in [7, 11) is -1.42.